The molecule has 6 rings (SSSR count). The molecule has 0 radical (unpaired) electrons. The van der Waals surface area contributed by atoms with E-state index in [4.69, 9.17) is 9.84 Å². The number of nitrogens with zero attached hydrogens (tertiary/aromatic N) is 3. The molecule has 3 aliphatic carbocycles. The largest absolute Gasteiger partial charge is 0.486 e. The zero-order chi connectivity index (χ0) is 27.2. The first-order valence-electron chi connectivity index (χ1n) is 12.7. The van der Waals surface area contributed by atoms with Gasteiger partial charge in [-0.05, 0) is 76.2 Å². The zero-order valence-corrected chi connectivity index (χ0v) is 21.3. The number of benzene rings is 1. The van der Waals surface area contributed by atoms with Crippen LogP contribution in [0.15, 0.2) is 69.6 Å². The highest BCUT2D eigenvalue weighted by molar-refractivity contribution is 5.92. The molecule has 1 saturated carbocycles. The molecular weight excluding hydrogens is 490 g/mol. The molecule has 2 unspecified atom stereocenters. The lowest BCUT2D eigenvalue weighted by Gasteiger charge is -2.59. The molecule has 0 amide bonds. The Morgan fingerprint density at radius 3 is 2.45 bits per heavy atom. The fourth-order valence-corrected chi connectivity index (χ4v) is 7.17. The van der Waals surface area contributed by atoms with Gasteiger partial charge in [0.15, 0.2) is 17.2 Å². The van der Waals surface area contributed by atoms with Gasteiger partial charge in [-0.15, -0.1) is 0 Å². The second-order valence-electron chi connectivity index (χ2n) is 11.0. The lowest BCUT2D eigenvalue weighted by molar-refractivity contribution is -0.166. The molecule has 5 aliphatic rings. The number of ketones is 2. The Balaban J connectivity index is 1.49. The van der Waals surface area contributed by atoms with Crippen molar-refractivity contribution >= 4 is 23.2 Å². The lowest BCUT2D eigenvalue weighted by atomic mass is 9.48. The first-order valence-corrected chi connectivity index (χ1v) is 12.7. The van der Waals surface area contributed by atoms with Crippen LogP contribution in [0.25, 0.3) is 0 Å². The van der Waals surface area contributed by atoms with E-state index in [0.717, 1.165) is 5.57 Å². The summed E-state index contributed by atoms with van der Waals surface area (Å²) in [7, 11) is 2.05. The van der Waals surface area contributed by atoms with Crippen molar-refractivity contribution < 1.29 is 34.4 Å². The standard InChI is InChI=1S/C28H29N3O7/c1-14(32)27(36)9-8-19-20-12-17-13-21(30-29-18-6-4-16(5-7-18)24(34)35)28(37,15(2)33)23-22(17)26(19,25(27)38-23)10-11-31(20)3/h4-9,13,19-21,25,36-37H,10-12H2,1-3H3,(H,34,35)/t19-,20+,21?,25+,26-,27+,28?/m0/s1. The van der Waals surface area contributed by atoms with Gasteiger partial charge in [0.1, 0.15) is 17.9 Å². The zero-order valence-electron chi connectivity index (χ0n) is 21.3. The third-order valence-corrected chi connectivity index (χ3v) is 9.20. The number of carbonyl (C=O) groups is 3. The molecule has 7 atom stereocenters. The summed E-state index contributed by atoms with van der Waals surface area (Å²) >= 11 is 0. The number of ether oxygens (including phenoxy) is 1. The van der Waals surface area contributed by atoms with Crippen molar-refractivity contribution in [2.24, 2.45) is 21.6 Å². The predicted octanol–water partition coefficient (Wildman–Crippen LogP) is 2.35. The van der Waals surface area contributed by atoms with Crippen LogP contribution in [-0.4, -0.2) is 80.7 Å². The fourth-order valence-electron chi connectivity index (χ4n) is 7.17. The quantitative estimate of drug-likeness (QED) is 0.397. The molecule has 1 aromatic rings. The minimum absolute atomic E-state index is 0.0500. The van der Waals surface area contributed by atoms with Crippen molar-refractivity contribution in [3.63, 3.8) is 0 Å². The van der Waals surface area contributed by atoms with Crippen LogP contribution in [0.2, 0.25) is 0 Å². The van der Waals surface area contributed by atoms with Gasteiger partial charge in [0.25, 0.3) is 0 Å². The highest BCUT2D eigenvalue weighted by Crippen LogP contribution is 2.67. The maximum Gasteiger partial charge on any atom is 0.335 e. The number of hydrogen-bond donors (Lipinski definition) is 3. The molecule has 1 saturated heterocycles. The molecule has 1 spiro atoms. The van der Waals surface area contributed by atoms with Gasteiger partial charge in [0.05, 0.1) is 11.3 Å². The molecule has 0 aromatic heterocycles. The monoisotopic (exact) mass is 519 g/mol. The Morgan fingerprint density at radius 2 is 1.82 bits per heavy atom. The molecular formula is C28H29N3O7. The Labute approximate surface area is 219 Å². The fraction of sp³-hybridized carbons (Fsp3) is 0.464. The van der Waals surface area contributed by atoms with Crippen LogP contribution in [0.5, 0.6) is 0 Å². The second kappa shape index (κ2) is 8.02. The molecule has 1 aromatic carbocycles. The maximum atomic E-state index is 13.1. The van der Waals surface area contributed by atoms with E-state index < -0.39 is 46.3 Å². The van der Waals surface area contributed by atoms with Gasteiger partial charge in [-0.25, -0.2) is 4.79 Å². The Morgan fingerprint density at radius 1 is 1.11 bits per heavy atom. The summed E-state index contributed by atoms with van der Waals surface area (Å²) < 4.78 is 6.40. The van der Waals surface area contributed by atoms with Gasteiger partial charge >= 0.3 is 5.97 Å². The molecule has 3 N–H and O–H groups in total. The van der Waals surface area contributed by atoms with Crippen molar-refractivity contribution in [2.75, 3.05) is 13.6 Å². The number of rotatable bonds is 5. The van der Waals surface area contributed by atoms with Crippen molar-refractivity contribution in [3.8, 4) is 0 Å². The van der Waals surface area contributed by atoms with Crippen molar-refractivity contribution in [1.29, 1.82) is 0 Å². The van der Waals surface area contributed by atoms with Crippen molar-refractivity contribution in [1.82, 2.24) is 4.90 Å². The van der Waals surface area contributed by atoms with E-state index in [1.807, 2.05) is 13.1 Å². The average Bonchev–Trinajstić information content (AvgIpc) is 3.24. The summed E-state index contributed by atoms with van der Waals surface area (Å²) in [4.78, 5) is 39.3. The van der Waals surface area contributed by atoms with E-state index >= 15 is 0 Å². The molecule has 2 aliphatic heterocycles. The van der Waals surface area contributed by atoms with Gasteiger partial charge in [0, 0.05) is 22.9 Å². The SMILES string of the molecule is CC(=O)C1(O)C2=C3C(=CC1N=Nc1ccc(C(=O)O)cc1)C[C@@H]1[C@@H]4C=C[C@@](O)(C(C)=O)[C@H](O2)[C@]34CCN1C. The van der Waals surface area contributed by atoms with Gasteiger partial charge in [-0.3, -0.25) is 9.59 Å². The summed E-state index contributed by atoms with van der Waals surface area (Å²) in [6.07, 6.45) is 5.41. The Hall–Kier alpha value is -3.47. The first-order chi connectivity index (χ1) is 17.9. The highest BCUT2D eigenvalue weighted by Gasteiger charge is 2.72. The Bertz CT molecular complexity index is 1400. The molecule has 10 heteroatoms. The number of carboxylic acids is 1. The van der Waals surface area contributed by atoms with E-state index in [-0.39, 0.29) is 23.3 Å². The summed E-state index contributed by atoms with van der Waals surface area (Å²) in [5, 5.41) is 41.3. The number of piperidine rings is 1. The first kappa shape index (κ1) is 24.8. The van der Waals surface area contributed by atoms with E-state index in [1.54, 1.807) is 6.08 Å². The van der Waals surface area contributed by atoms with E-state index in [9.17, 15) is 24.6 Å². The van der Waals surface area contributed by atoms with Gasteiger partial charge in [0.2, 0.25) is 5.60 Å². The molecule has 2 fully saturated rings. The van der Waals surface area contributed by atoms with Crippen molar-refractivity contribution in [3.05, 3.63) is 65.0 Å². The predicted molar refractivity (Wildman–Crippen MR) is 134 cm³/mol. The summed E-state index contributed by atoms with van der Waals surface area (Å²) in [5.41, 5.74) is -2.84. The van der Waals surface area contributed by atoms with E-state index in [1.165, 1.54) is 44.2 Å². The number of carboxylic acid groups (broad SMARTS) is 1. The number of carbonyl (C=O) groups excluding carboxylic acids is 2. The number of hydrogen-bond acceptors (Lipinski definition) is 9. The van der Waals surface area contributed by atoms with E-state index in [2.05, 4.69) is 15.1 Å². The Kier molecular flexibility index (Phi) is 5.24. The van der Waals surface area contributed by atoms with Gasteiger partial charge in [-0.1, -0.05) is 12.2 Å². The topological polar surface area (TPSA) is 149 Å². The summed E-state index contributed by atoms with van der Waals surface area (Å²) in [6.45, 7) is 3.28. The maximum absolute atomic E-state index is 13.1. The molecule has 10 nitrogen and oxygen atoms in total. The summed E-state index contributed by atoms with van der Waals surface area (Å²) in [6, 6.07) is 4.72. The third kappa shape index (κ3) is 3.02. The van der Waals surface area contributed by atoms with E-state index in [0.29, 0.717) is 30.6 Å². The summed E-state index contributed by atoms with van der Waals surface area (Å²) in [5.74, 6) is -2.15. The van der Waals surface area contributed by atoms with Gasteiger partial charge < -0.3 is 25.0 Å². The van der Waals surface area contributed by atoms with Crippen LogP contribution in [0.3, 0.4) is 0 Å². The van der Waals surface area contributed by atoms with Crippen molar-refractivity contribution in [2.45, 2.75) is 56.1 Å². The van der Waals surface area contributed by atoms with Crippen LogP contribution < -0.4 is 0 Å². The molecule has 2 heterocycles. The van der Waals surface area contributed by atoms with Crippen LogP contribution in [0.4, 0.5) is 5.69 Å². The van der Waals surface area contributed by atoms with Crippen LogP contribution in [0.1, 0.15) is 37.0 Å². The number of aromatic carboxylic acids is 1. The average molecular weight is 520 g/mol. The van der Waals surface area contributed by atoms with Crippen LogP contribution in [-0.2, 0) is 14.3 Å². The smallest absolute Gasteiger partial charge is 0.335 e. The van der Waals surface area contributed by atoms with Crippen LogP contribution in [0, 0.1) is 11.3 Å². The number of azo groups is 1. The molecule has 198 valence electrons. The molecule has 2 bridgehead atoms. The number of Topliss-reactive ketones (excluding diaryl/α,β-unsaturated/α-hetero) is 2. The lowest BCUT2D eigenvalue weighted by Crippen LogP contribution is -2.67. The van der Waals surface area contributed by atoms with Gasteiger partial charge in [-0.2, -0.15) is 10.2 Å². The minimum Gasteiger partial charge on any atom is -0.486 e. The number of aliphatic hydroxyl groups is 2. The highest BCUT2D eigenvalue weighted by atomic mass is 16.5. The second-order valence-corrected chi connectivity index (χ2v) is 11.0. The minimum atomic E-state index is -2.19. The number of likely N-dealkylation sites (tertiary alicyclic amines) is 1. The van der Waals surface area contributed by atoms with Crippen LogP contribution >= 0.6 is 0 Å². The normalized spacial score (nSPS) is 39.0. The third-order valence-electron chi connectivity index (χ3n) is 9.20. The molecule has 38 heavy (non-hydrogen) atoms.